The average molecular weight is 284 g/mol. The number of piperidine rings is 2. The largest absolute Gasteiger partial charge is 0.300 e. The molecule has 0 aromatic carbocycles. The summed E-state index contributed by atoms with van der Waals surface area (Å²) in [6, 6.07) is 0.924. The third kappa shape index (κ3) is 1.99. The number of nitrogens with zero attached hydrogens (tertiary/aromatic N) is 1. The van der Waals surface area contributed by atoms with E-state index in [-0.39, 0.29) is 0 Å². The molecule has 2 aliphatic heterocycles. The van der Waals surface area contributed by atoms with Gasteiger partial charge in [-0.15, -0.1) is 0 Å². The molecule has 4 atom stereocenters. The van der Waals surface area contributed by atoms with E-state index in [2.05, 4.69) is 33.8 Å². The highest BCUT2D eigenvalue weighted by Gasteiger charge is 2.38. The Labute approximate surface area is 107 Å². The SMILES string of the molecule is C[C@H]1C[C@H]2CC3CCCCN3C[C@H]2C=C1Br. The predicted molar refractivity (Wildman–Crippen MR) is 71.6 cm³/mol. The Morgan fingerprint density at radius 1 is 1.31 bits per heavy atom. The number of allylic oxidation sites excluding steroid dienone is 1. The molecule has 0 saturated carbocycles. The second-order valence-electron chi connectivity index (χ2n) is 5.99. The minimum Gasteiger partial charge on any atom is -0.300 e. The van der Waals surface area contributed by atoms with Crippen LogP contribution in [-0.2, 0) is 0 Å². The van der Waals surface area contributed by atoms with Crippen molar-refractivity contribution in [1.82, 2.24) is 4.90 Å². The molecule has 1 aliphatic carbocycles. The van der Waals surface area contributed by atoms with E-state index in [1.54, 1.807) is 0 Å². The summed E-state index contributed by atoms with van der Waals surface area (Å²) in [4.78, 5) is 2.76. The Morgan fingerprint density at radius 3 is 3.06 bits per heavy atom. The van der Waals surface area contributed by atoms with Crippen LogP contribution in [0, 0.1) is 17.8 Å². The van der Waals surface area contributed by atoms with Crippen molar-refractivity contribution >= 4 is 15.9 Å². The number of fused-ring (bicyclic) bond motifs is 2. The molecule has 3 rings (SSSR count). The van der Waals surface area contributed by atoms with Crippen molar-refractivity contribution in [3.63, 3.8) is 0 Å². The lowest BCUT2D eigenvalue weighted by Gasteiger charge is -2.48. The van der Waals surface area contributed by atoms with Crippen LogP contribution in [0.15, 0.2) is 10.6 Å². The van der Waals surface area contributed by atoms with Crippen LogP contribution < -0.4 is 0 Å². The van der Waals surface area contributed by atoms with Gasteiger partial charge in [-0.2, -0.15) is 0 Å². The van der Waals surface area contributed by atoms with Crippen LogP contribution >= 0.6 is 15.9 Å². The second kappa shape index (κ2) is 4.45. The first-order chi connectivity index (χ1) is 7.74. The Kier molecular flexibility index (Phi) is 3.14. The summed E-state index contributed by atoms with van der Waals surface area (Å²) in [6.45, 7) is 5.05. The molecule has 16 heavy (non-hydrogen) atoms. The van der Waals surface area contributed by atoms with Gasteiger partial charge in [0, 0.05) is 12.6 Å². The Morgan fingerprint density at radius 2 is 2.19 bits per heavy atom. The average Bonchev–Trinajstić information content (AvgIpc) is 2.28. The molecule has 2 fully saturated rings. The minimum absolute atomic E-state index is 0.761. The van der Waals surface area contributed by atoms with Gasteiger partial charge >= 0.3 is 0 Å². The first kappa shape index (κ1) is 11.3. The van der Waals surface area contributed by atoms with Crippen LogP contribution in [0.3, 0.4) is 0 Å². The molecular weight excluding hydrogens is 262 g/mol. The number of hydrogen-bond donors (Lipinski definition) is 0. The van der Waals surface area contributed by atoms with E-state index in [4.69, 9.17) is 0 Å². The first-order valence-electron chi connectivity index (χ1n) is 6.85. The molecule has 90 valence electrons. The monoisotopic (exact) mass is 283 g/mol. The highest BCUT2D eigenvalue weighted by molar-refractivity contribution is 9.11. The molecule has 2 saturated heterocycles. The van der Waals surface area contributed by atoms with Gasteiger partial charge in [0.15, 0.2) is 0 Å². The number of halogens is 1. The predicted octanol–water partition coefficient (Wildman–Crippen LogP) is 3.80. The third-order valence-corrected chi connectivity index (χ3v) is 5.92. The Bertz CT molecular complexity index is 299. The highest BCUT2D eigenvalue weighted by Crippen LogP contribution is 2.43. The maximum Gasteiger partial charge on any atom is 0.00983 e. The van der Waals surface area contributed by atoms with Gasteiger partial charge in [0.1, 0.15) is 0 Å². The lowest BCUT2D eigenvalue weighted by atomic mass is 9.72. The van der Waals surface area contributed by atoms with E-state index >= 15 is 0 Å². The summed E-state index contributed by atoms with van der Waals surface area (Å²) in [6.07, 6.45) is 9.74. The minimum atomic E-state index is 0.761. The van der Waals surface area contributed by atoms with Crippen molar-refractivity contribution in [3.05, 3.63) is 10.6 Å². The molecule has 0 bridgehead atoms. The molecule has 0 aromatic heterocycles. The molecule has 0 radical (unpaired) electrons. The molecule has 0 aromatic rings. The Balaban J connectivity index is 1.76. The lowest BCUT2D eigenvalue weighted by molar-refractivity contribution is 0.0426. The topological polar surface area (TPSA) is 3.24 Å². The third-order valence-electron chi connectivity index (χ3n) is 4.88. The maximum atomic E-state index is 3.75. The normalized spacial score (nSPS) is 44.5. The van der Waals surface area contributed by atoms with Crippen molar-refractivity contribution in [3.8, 4) is 0 Å². The summed E-state index contributed by atoms with van der Waals surface area (Å²) in [7, 11) is 0. The van der Waals surface area contributed by atoms with E-state index in [1.807, 2.05) is 0 Å². The Hall–Kier alpha value is 0.180. The molecule has 1 nitrogen and oxygen atoms in total. The zero-order valence-corrected chi connectivity index (χ0v) is 11.7. The highest BCUT2D eigenvalue weighted by atomic mass is 79.9. The van der Waals surface area contributed by atoms with E-state index in [1.165, 1.54) is 49.7 Å². The van der Waals surface area contributed by atoms with Gasteiger partial charge in [0.25, 0.3) is 0 Å². The molecule has 0 amide bonds. The molecule has 2 heterocycles. The molecular formula is C14H22BrN. The van der Waals surface area contributed by atoms with Gasteiger partial charge in [-0.25, -0.2) is 0 Å². The van der Waals surface area contributed by atoms with Gasteiger partial charge in [-0.05, 0) is 54.5 Å². The zero-order valence-electron chi connectivity index (χ0n) is 10.2. The van der Waals surface area contributed by atoms with E-state index in [0.29, 0.717) is 0 Å². The number of rotatable bonds is 0. The van der Waals surface area contributed by atoms with Gasteiger partial charge in [0.05, 0.1) is 0 Å². The maximum absolute atomic E-state index is 3.75. The van der Waals surface area contributed by atoms with Crippen LogP contribution in [0.25, 0.3) is 0 Å². The lowest BCUT2D eigenvalue weighted by Crippen LogP contribution is -2.50. The van der Waals surface area contributed by atoms with Gasteiger partial charge in [0.2, 0.25) is 0 Å². The van der Waals surface area contributed by atoms with Gasteiger partial charge < -0.3 is 0 Å². The van der Waals surface area contributed by atoms with Crippen LogP contribution in [0.5, 0.6) is 0 Å². The molecule has 0 N–H and O–H groups in total. The molecule has 0 spiro atoms. The summed E-state index contributed by atoms with van der Waals surface area (Å²) in [5.74, 6) is 2.56. The van der Waals surface area contributed by atoms with Crippen LogP contribution in [0.2, 0.25) is 0 Å². The van der Waals surface area contributed by atoms with E-state index < -0.39 is 0 Å². The summed E-state index contributed by atoms with van der Waals surface area (Å²) >= 11 is 3.75. The fourth-order valence-electron chi connectivity index (χ4n) is 3.91. The van der Waals surface area contributed by atoms with Crippen molar-refractivity contribution in [2.24, 2.45) is 17.8 Å². The first-order valence-corrected chi connectivity index (χ1v) is 7.64. The summed E-state index contributed by atoms with van der Waals surface area (Å²) in [5.41, 5.74) is 0. The van der Waals surface area contributed by atoms with E-state index in [0.717, 1.165) is 23.8 Å². The van der Waals surface area contributed by atoms with Crippen LogP contribution in [0.1, 0.15) is 39.0 Å². The fourth-order valence-corrected chi connectivity index (χ4v) is 4.43. The van der Waals surface area contributed by atoms with E-state index in [9.17, 15) is 0 Å². The molecule has 1 unspecified atom stereocenters. The quantitative estimate of drug-likeness (QED) is 0.654. The number of hydrogen-bond acceptors (Lipinski definition) is 1. The fraction of sp³-hybridized carbons (Fsp3) is 0.857. The van der Waals surface area contributed by atoms with Crippen molar-refractivity contribution in [2.45, 2.75) is 45.1 Å². The van der Waals surface area contributed by atoms with Crippen LogP contribution in [0.4, 0.5) is 0 Å². The summed E-state index contributed by atoms with van der Waals surface area (Å²) < 4.78 is 1.46. The molecule has 3 aliphatic rings. The van der Waals surface area contributed by atoms with Crippen LogP contribution in [-0.4, -0.2) is 24.0 Å². The van der Waals surface area contributed by atoms with Crippen molar-refractivity contribution in [2.75, 3.05) is 13.1 Å². The van der Waals surface area contributed by atoms with Gasteiger partial charge in [-0.3, -0.25) is 4.90 Å². The second-order valence-corrected chi connectivity index (χ2v) is 6.91. The molecule has 2 heteroatoms. The van der Waals surface area contributed by atoms with Crippen molar-refractivity contribution < 1.29 is 0 Å². The standard InChI is InChI=1S/C14H22BrN/c1-10-6-11-7-13-4-2-3-5-16(13)9-12(11)8-14(10)15/h8,10-13H,2-7,9H2,1H3/t10-,11-,12+,13?/m0/s1. The smallest absolute Gasteiger partial charge is 0.00983 e. The zero-order chi connectivity index (χ0) is 11.1. The van der Waals surface area contributed by atoms with Gasteiger partial charge in [-0.1, -0.05) is 35.4 Å². The summed E-state index contributed by atoms with van der Waals surface area (Å²) in [5, 5.41) is 0. The van der Waals surface area contributed by atoms with Crippen molar-refractivity contribution in [1.29, 1.82) is 0 Å².